The molecule has 0 spiro atoms. The van der Waals surface area contributed by atoms with E-state index in [1.54, 1.807) is 24.3 Å². The Balaban J connectivity index is 0.933. The summed E-state index contributed by atoms with van der Waals surface area (Å²) in [5, 5.41) is 23.3. The molecule has 0 saturated heterocycles. The van der Waals surface area contributed by atoms with Gasteiger partial charge in [-0.15, -0.1) is 0 Å². The van der Waals surface area contributed by atoms with Gasteiger partial charge in [-0.3, -0.25) is 14.4 Å². The number of hydrogen-bond donors (Lipinski definition) is 3. The number of amides is 3. The van der Waals surface area contributed by atoms with Crippen LogP contribution in [0.15, 0.2) is 151 Å². The van der Waals surface area contributed by atoms with Gasteiger partial charge in [0.15, 0.2) is 0 Å². The molecule has 264 valence electrons. The largest absolute Gasteiger partial charge is 0.348 e. The van der Waals surface area contributed by atoms with Crippen LogP contribution in [0.4, 0.5) is 0 Å². The zero-order chi connectivity index (χ0) is 37.0. The summed E-state index contributed by atoms with van der Waals surface area (Å²) in [6.45, 7) is 0.790. The quantitative estimate of drug-likeness (QED) is 0.130. The summed E-state index contributed by atoms with van der Waals surface area (Å²) in [7, 11) is 0. The first-order chi connectivity index (χ1) is 27.0. The van der Waals surface area contributed by atoms with Crippen molar-refractivity contribution in [3.05, 3.63) is 179 Å². The highest BCUT2D eigenvalue weighted by Crippen LogP contribution is 2.37. The van der Waals surface area contributed by atoms with Crippen LogP contribution >= 0.6 is 0 Å². The lowest BCUT2D eigenvalue weighted by atomic mass is 9.92. The molecule has 0 aromatic heterocycles. The average Bonchev–Trinajstić information content (AvgIpc) is 3.78. The number of allylic oxidation sites excluding steroid dienone is 3. The van der Waals surface area contributed by atoms with Gasteiger partial charge < -0.3 is 16.0 Å². The molecule has 0 heterocycles. The van der Waals surface area contributed by atoms with Crippen molar-refractivity contribution in [2.75, 3.05) is 0 Å². The Bertz CT molecular complexity index is 2870. The highest BCUT2D eigenvalue weighted by atomic mass is 16.2. The number of hydrogen-bond acceptors (Lipinski definition) is 3. The summed E-state index contributed by atoms with van der Waals surface area (Å²) in [4.78, 5) is 40.7. The highest BCUT2D eigenvalue weighted by molar-refractivity contribution is 6.24. The Kier molecular flexibility index (Phi) is 7.77. The molecule has 10 rings (SSSR count). The van der Waals surface area contributed by atoms with Gasteiger partial charge in [0.25, 0.3) is 11.8 Å². The maximum Gasteiger partial charge on any atom is 0.251 e. The van der Waals surface area contributed by atoms with Gasteiger partial charge in [0, 0.05) is 36.3 Å². The molecule has 0 unspecified atom stereocenters. The molecule has 9 aromatic carbocycles. The molecule has 9 aromatic rings. The third-order valence-electron chi connectivity index (χ3n) is 11.1. The lowest BCUT2D eigenvalue weighted by molar-refractivity contribution is -0.117. The van der Waals surface area contributed by atoms with E-state index < -0.39 is 0 Å². The van der Waals surface area contributed by atoms with E-state index >= 15 is 0 Å². The van der Waals surface area contributed by atoms with E-state index in [2.05, 4.69) is 125 Å². The van der Waals surface area contributed by atoms with Crippen LogP contribution in [0.2, 0.25) is 0 Å². The second-order valence-corrected chi connectivity index (χ2v) is 14.5. The molecule has 1 aliphatic carbocycles. The van der Waals surface area contributed by atoms with Crippen molar-refractivity contribution in [1.82, 2.24) is 16.0 Å². The first-order valence-corrected chi connectivity index (χ1v) is 18.6. The van der Waals surface area contributed by atoms with Crippen LogP contribution in [0.5, 0.6) is 0 Å². The Morgan fingerprint density at radius 1 is 0.455 bits per heavy atom. The van der Waals surface area contributed by atoms with Crippen LogP contribution in [-0.4, -0.2) is 17.7 Å². The second kappa shape index (κ2) is 13.1. The molecular weight excluding hydrogens is 679 g/mol. The lowest BCUT2D eigenvalue weighted by Crippen LogP contribution is -2.27. The third kappa shape index (κ3) is 5.70. The molecule has 0 aliphatic heterocycles. The van der Waals surface area contributed by atoms with Crippen LogP contribution in [0.25, 0.3) is 64.6 Å². The monoisotopic (exact) mass is 713 g/mol. The zero-order valence-corrected chi connectivity index (χ0v) is 29.9. The van der Waals surface area contributed by atoms with Gasteiger partial charge >= 0.3 is 0 Å². The zero-order valence-electron chi connectivity index (χ0n) is 29.9. The van der Waals surface area contributed by atoms with E-state index in [-0.39, 0.29) is 24.3 Å². The predicted octanol–water partition coefficient (Wildman–Crippen LogP) is 9.84. The van der Waals surface area contributed by atoms with Crippen molar-refractivity contribution >= 4 is 82.4 Å². The lowest BCUT2D eigenvalue weighted by Gasteiger charge is -2.16. The molecule has 0 bridgehead atoms. The van der Waals surface area contributed by atoms with E-state index in [0.29, 0.717) is 41.8 Å². The molecule has 0 radical (unpaired) electrons. The summed E-state index contributed by atoms with van der Waals surface area (Å²) in [5.41, 5.74) is 4.04. The van der Waals surface area contributed by atoms with E-state index in [1.807, 2.05) is 12.2 Å². The molecule has 55 heavy (non-hydrogen) atoms. The molecular formula is C49H35N3O3. The molecule has 3 N–H and O–H groups in total. The van der Waals surface area contributed by atoms with Crippen LogP contribution in [0.3, 0.4) is 0 Å². The van der Waals surface area contributed by atoms with Crippen molar-refractivity contribution in [2.24, 2.45) is 0 Å². The fourth-order valence-electron chi connectivity index (χ4n) is 8.42. The van der Waals surface area contributed by atoms with E-state index in [0.717, 1.165) is 32.7 Å². The van der Waals surface area contributed by atoms with E-state index in [1.165, 1.54) is 43.1 Å². The fourth-order valence-corrected chi connectivity index (χ4v) is 8.42. The third-order valence-corrected chi connectivity index (χ3v) is 11.1. The Morgan fingerprint density at radius 3 is 1.36 bits per heavy atom. The van der Waals surface area contributed by atoms with Crippen molar-refractivity contribution in [3.8, 4) is 0 Å². The Labute approximate surface area is 316 Å². The molecule has 6 nitrogen and oxygen atoms in total. The number of carbonyl (C=O) groups is 3. The van der Waals surface area contributed by atoms with Crippen molar-refractivity contribution in [2.45, 2.75) is 26.1 Å². The van der Waals surface area contributed by atoms with Crippen molar-refractivity contribution in [3.63, 3.8) is 0 Å². The van der Waals surface area contributed by atoms with Gasteiger partial charge in [-0.25, -0.2) is 0 Å². The smallest absolute Gasteiger partial charge is 0.251 e. The number of benzene rings is 9. The van der Waals surface area contributed by atoms with Crippen LogP contribution < -0.4 is 16.0 Å². The maximum atomic E-state index is 13.9. The summed E-state index contributed by atoms with van der Waals surface area (Å²) in [6.07, 6.45) is 6.18. The van der Waals surface area contributed by atoms with Gasteiger partial charge in [0.05, 0.1) is 0 Å². The summed E-state index contributed by atoms with van der Waals surface area (Å²) in [5.74, 6) is -0.779. The van der Waals surface area contributed by atoms with Crippen LogP contribution in [0.1, 0.15) is 43.8 Å². The first-order valence-electron chi connectivity index (χ1n) is 18.6. The molecule has 0 saturated carbocycles. The summed E-state index contributed by atoms with van der Waals surface area (Å²) >= 11 is 0. The summed E-state index contributed by atoms with van der Waals surface area (Å²) < 4.78 is 0. The number of rotatable bonds is 9. The van der Waals surface area contributed by atoms with Crippen molar-refractivity contribution < 1.29 is 14.4 Å². The van der Waals surface area contributed by atoms with Crippen LogP contribution in [-0.2, 0) is 24.4 Å². The Hall–Kier alpha value is -7.05. The Morgan fingerprint density at radius 2 is 0.891 bits per heavy atom. The normalized spacial score (nSPS) is 12.8. The van der Waals surface area contributed by atoms with E-state index in [4.69, 9.17) is 0 Å². The summed E-state index contributed by atoms with van der Waals surface area (Å²) in [6, 6.07) is 43.3. The second-order valence-electron chi connectivity index (χ2n) is 14.5. The standard InChI is InChI=1S/C49H35N3O3/c53-47(36-5-1-2-6-36)50-26-29-23-39(48(54)51-27-37-17-15-34-13-11-30-7-3-9-32-19-21-41(37)45(34)43(30)32)25-40(24-29)49(55)52-28-38-18-16-35-14-12-31-8-4-10-33-20-22-42(38)46(35)44(31)33/h1-5,7-25H,6,26-28H2,(H,50,53)(H,51,54)(H,52,55). The topological polar surface area (TPSA) is 87.3 Å². The molecule has 6 heteroatoms. The van der Waals surface area contributed by atoms with Gasteiger partial charge in [-0.2, -0.15) is 0 Å². The number of carbonyl (C=O) groups excluding carboxylic acids is 3. The van der Waals surface area contributed by atoms with Crippen LogP contribution in [0, 0.1) is 0 Å². The number of nitrogens with one attached hydrogen (secondary N) is 3. The SMILES string of the molecule is O=C(NCc1cc(C(=O)NCc2ccc3ccc4cccc5ccc2c3c45)cc(C(=O)NCc2ccc3ccc4cccc5ccc2c3c45)c1)C1=CC=CC1. The van der Waals surface area contributed by atoms with Gasteiger partial charge in [-0.05, 0) is 106 Å². The minimum atomic E-state index is -0.303. The predicted molar refractivity (Wildman–Crippen MR) is 223 cm³/mol. The average molecular weight is 714 g/mol. The minimum absolute atomic E-state index is 0.168. The molecule has 0 atom stereocenters. The fraction of sp³-hybridized carbons (Fsp3) is 0.0816. The molecule has 1 aliphatic rings. The van der Waals surface area contributed by atoms with Gasteiger partial charge in [0.1, 0.15) is 0 Å². The van der Waals surface area contributed by atoms with Gasteiger partial charge in [-0.1, -0.05) is 127 Å². The molecule has 0 fully saturated rings. The highest BCUT2D eigenvalue weighted by Gasteiger charge is 2.18. The van der Waals surface area contributed by atoms with Gasteiger partial charge in [0.2, 0.25) is 5.91 Å². The minimum Gasteiger partial charge on any atom is -0.348 e. The van der Waals surface area contributed by atoms with E-state index in [9.17, 15) is 14.4 Å². The molecule has 3 amide bonds. The first kappa shape index (κ1) is 32.6. The maximum absolute atomic E-state index is 13.9. The van der Waals surface area contributed by atoms with Crippen molar-refractivity contribution in [1.29, 1.82) is 0 Å².